The summed E-state index contributed by atoms with van der Waals surface area (Å²) < 4.78 is 5.03. The van der Waals surface area contributed by atoms with Crippen molar-refractivity contribution in [1.82, 2.24) is 19.4 Å². The summed E-state index contributed by atoms with van der Waals surface area (Å²) in [7, 11) is 0. The molecule has 5 nitrogen and oxygen atoms in total. The van der Waals surface area contributed by atoms with Gasteiger partial charge in [0.25, 0.3) is 0 Å². The van der Waals surface area contributed by atoms with E-state index in [2.05, 4.69) is 86.6 Å². The summed E-state index contributed by atoms with van der Waals surface area (Å²) in [6, 6.07) is 10.6. The normalized spacial score (nSPS) is 11.4. The van der Waals surface area contributed by atoms with Crippen LogP contribution in [0, 0.1) is 17.4 Å². The van der Waals surface area contributed by atoms with Gasteiger partial charge in [0.05, 0.1) is 6.21 Å². The van der Waals surface area contributed by atoms with Crippen molar-refractivity contribution in [2.24, 2.45) is 5.10 Å². The van der Waals surface area contributed by atoms with E-state index in [9.17, 15) is 0 Å². The fourth-order valence-corrected chi connectivity index (χ4v) is 2.84. The van der Waals surface area contributed by atoms with Gasteiger partial charge < -0.3 is 4.57 Å². The average molecular weight is 391 g/mol. The van der Waals surface area contributed by atoms with Gasteiger partial charge in [0, 0.05) is 26.2 Å². The zero-order chi connectivity index (χ0) is 14.8. The molecule has 106 valence electrons. The minimum Gasteiger partial charge on any atom is -0.318 e. The molecule has 0 saturated heterocycles. The molecule has 0 unspecified atom stereocenters. The van der Waals surface area contributed by atoms with Gasteiger partial charge in [0.2, 0.25) is 0 Å². The van der Waals surface area contributed by atoms with Gasteiger partial charge in [-0.25, -0.2) is 4.68 Å². The minimum absolute atomic E-state index is 1.08. The molecule has 21 heavy (non-hydrogen) atoms. The summed E-state index contributed by atoms with van der Waals surface area (Å²) in [5.74, 6) is 0. The molecule has 0 spiro atoms. The van der Waals surface area contributed by atoms with Crippen LogP contribution in [0.15, 0.2) is 48.1 Å². The van der Waals surface area contributed by atoms with Crippen molar-refractivity contribution in [2.45, 2.75) is 13.8 Å². The van der Waals surface area contributed by atoms with Crippen LogP contribution in [0.1, 0.15) is 17.0 Å². The van der Waals surface area contributed by atoms with Crippen LogP contribution < -0.4 is 0 Å². The molecule has 0 fully saturated rings. The molecule has 1 aromatic carbocycles. The summed E-state index contributed by atoms with van der Waals surface area (Å²) in [6.07, 6.45) is 4.96. The van der Waals surface area contributed by atoms with Crippen molar-refractivity contribution in [1.29, 1.82) is 0 Å². The zero-order valence-corrected chi connectivity index (χ0v) is 13.9. The number of aryl methyl sites for hydroxylation is 1. The Balaban J connectivity index is 2.00. The Labute approximate surface area is 136 Å². The highest BCUT2D eigenvalue weighted by molar-refractivity contribution is 14.1. The Hall–Kier alpha value is -1.96. The molecule has 0 amide bonds. The molecule has 6 heteroatoms. The van der Waals surface area contributed by atoms with Gasteiger partial charge in [-0.3, -0.25) is 0 Å². The summed E-state index contributed by atoms with van der Waals surface area (Å²) in [5.41, 5.74) is 4.59. The van der Waals surface area contributed by atoms with Crippen molar-refractivity contribution >= 4 is 28.8 Å². The summed E-state index contributed by atoms with van der Waals surface area (Å²) in [4.78, 5) is 0. The highest BCUT2D eigenvalue weighted by Gasteiger charge is 2.09. The molecule has 0 atom stereocenters. The molecule has 3 rings (SSSR count). The molecular formula is C15H14IN5. The molecule has 0 aliphatic rings. The number of hydrogen-bond acceptors (Lipinski definition) is 3. The van der Waals surface area contributed by atoms with E-state index in [4.69, 9.17) is 0 Å². The molecule has 2 aromatic heterocycles. The molecule has 0 aliphatic heterocycles. The molecule has 0 saturated carbocycles. The zero-order valence-electron chi connectivity index (χ0n) is 11.7. The Morgan fingerprint density at radius 2 is 1.90 bits per heavy atom. The SMILES string of the molecule is Cc1cc(/C=N\n2cnnc2)c(C)n1-c1cccc(I)c1. The first-order valence-corrected chi connectivity index (χ1v) is 7.57. The van der Waals surface area contributed by atoms with Crippen molar-refractivity contribution in [3.05, 3.63) is 63.5 Å². The van der Waals surface area contributed by atoms with E-state index >= 15 is 0 Å². The standard InChI is InChI=1S/C15H14IN5/c1-11-6-13(8-19-20-9-17-18-10-20)12(2)21(11)15-5-3-4-14(16)7-15/h3-10H,1-2H3/b19-8-. The second-order valence-corrected chi connectivity index (χ2v) is 5.97. The maximum absolute atomic E-state index is 4.31. The fraction of sp³-hybridized carbons (Fsp3) is 0.133. The predicted octanol–water partition coefficient (Wildman–Crippen LogP) is 3.17. The lowest BCUT2D eigenvalue weighted by molar-refractivity contribution is 0.877. The number of nitrogens with zero attached hydrogens (tertiary/aromatic N) is 5. The quantitative estimate of drug-likeness (QED) is 0.509. The van der Waals surface area contributed by atoms with E-state index in [1.54, 1.807) is 17.3 Å². The molecule has 3 aromatic rings. The molecule has 0 bridgehead atoms. The number of rotatable bonds is 3. The van der Waals surface area contributed by atoms with Crippen LogP contribution in [0.2, 0.25) is 0 Å². The minimum atomic E-state index is 1.08. The lowest BCUT2D eigenvalue weighted by Gasteiger charge is -2.09. The molecule has 0 radical (unpaired) electrons. The van der Waals surface area contributed by atoms with Gasteiger partial charge in [-0.1, -0.05) is 6.07 Å². The fourth-order valence-electron chi connectivity index (χ4n) is 2.31. The summed E-state index contributed by atoms with van der Waals surface area (Å²) >= 11 is 2.33. The van der Waals surface area contributed by atoms with Gasteiger partial charge in [-0.15, -0.1) is 10.2 Å². The van der Waals surface area contributed by atoms with Gasteiger partial charge in [-0.2, -0.15) is 5.10 Å². The lowest BCUT2D eigenvalue weighted by Crippen LogP contribution is -2.00. The second kappa shape index (κ2) is 5.80. The summed E-state index contributed by atoms with van der Waals surface area (Å²) in [5, 5.41) is 11.8. The first-order chi connectivity index (χ1) is 10.1. The third-order valence-electron chi connectivity index (χ3n) is 3.27. The number of hydrogen-bond donors (Lipinski definition) is 0. The number of aromatic nitrogens is 4. The topological polar surface area (TPSA) is 48.0 Å². The van der Waals surface area contributed by atoms with Crippen molar-refractivity contribution in [3.63, 3.8) is 0 Å². The Morgan fingerprint density at radius 3 is 2.62 bits per heavy atom. The Bertz CT molecular complexity index is 787. The van der Waals surface area contributed by atoms with Crippen LogP contribution >= 0.6 is 22.6 Å². The Morgan fingerprint density at radius 1 is 1.14 bits per heavy atom. The van der Waals surface area contributed by atoms with E-state index in [0.717, 1.165) is 11.3 Å². The van der Waals surface area contributed by atoms with Crippen LogP contribution in [0.3, 0.4) is 0 Å². The van der Waals surface area contributed by atoms with E-state index in [0.29, 0.717) is 0 Å². The van der Waals surface area contributed by atoms with Gasteiger partial charge in [-0.05, 0) is 60.7 Å². The second-order valence-electron chi connectivity index (χ2n) is 4.73. The monoisotopic (exact) mass is 391 g/mol. The first-order valence-electron chi connectivity index (χ1n) is 6.49. The molecular weight excluding hydrogens is 377 g/mol. The third kappa shape index (κ3) is 2.90. The Kier molecular flexibility index (Phi) is 3.87. The molecule has 2 heterocycles. The van der Waals surface area contributed by atoms with Crippen LogP contribution in [-0.4, -0.2) is 25.7 Å². The maximum Gasteiger partial charge on any atom is 0.141 e. The largest absolute Gasteiger partial charge is 0.318 e. The lowest BCUT2D eigenvalue weighted by atomic mass is 10.2. The summed E-state index contributed by atoms with van der Waals surface area (Å²) in [6.45, 7) is 4.20. The van der Waals surface area contributed by atoms with E-state index in [-0.39, 0.29) is 0 Å². The number of halogens is 1. The average Bonchev–Trinajstić information content (AvgIpc) is 3.05. The van der Waals surface area contributed by atoms with Gasteiger partial charge in [0.1, 0.15) is 12.7 Å². The van der Waals surface area contributed by atoms with E-state index in [1.807, 2.05) is 6.21 Å². The number of benzene rings is 1. The van der Waals surface area contributed by atoms with E-state index < -0.39 is 0 Å². The third-order valence-corrected chi connectivity index (χ3v) is 3.94. The highest BCUT2D eigenvalue weighted by atomic mass is 127. The van der Waals surface area contributed by atoms with E-state index in [1.165, 1.54) is 15.0 Å². The van der Waals surface area contributed by atoms with Crippen LogP contribution in [0.4, 0.5) is 0 Å². The van der Waals surface area contributed by atoms with Crippen molar-refractivity contribution in [2.75, 3.05) is 0 Å². The predicted molar refractivity (Wildman–Crippen MR) is 91.0 cm³/mol. The molecule has 0 aliphatic carbocycles. The van der Waals surface area contributed by atoms with Crippen LogP contribution in [0.25, 0.3) is 5.69 Å². The smallest absolute Gasteiger partial charge is 0.141 e. The first kappa shape index (κ1) is 14.0. The van der Waals surface area contributed by atoms with Crippen LogP contribution in [0.5, 0.6) is 0 Å². The molecule has 0 N–H and O–H groups in total. The van der Waals surface area contributed by atoms with Crippen LogP contribution in [-0.2, 0) is 0 Å². The van der Waals surface area contributed by atoms with Crippen molar-refractivity contribution < 1.29 is 0 Å². The highest BCUT2D eigenvalue weighted by Crippen LogP contribution is 2.21. The van der Waals surface area contributed by atoms with Gasteiger partial charge >= 0.3 is 0 Å². The van der Waals surface area contributed by atoms with Crippen molar-refractivity contribution in [3.8, 4) is 5.69 Å². The van der Waals surface area contributed by atoms with Gasteiger partial charge in [0.15, 0.2) is 0 Å². The maximum atomic E-state index is 4.31.